The number of sulfonamides is 1. The molecule has 2 N–H and O–H groups in total. The van der Waals surface area contributed by atoms with Gasteiger partial charge in [0.25, 0.3) is 0 Å². The Morgan fingerprint density at radius 3 is 2.31 bits per heavy atom. The van der Waals surface area contributed by atoms with E-state index in [1.54, 1.807) is 0 Å². The highest BCUT2D eigenvalue weighted by Crippen LogP contribution is 2.16. The van der Waals surface area contributed by atoms with Crippen LogP contribution in [0.2, 0.25) is 0 Å². The lowest BCUT2D eigenvalue weighted by molar-refractivity contribution is 0.00316. The third-order valence-electron chi connectivity index (χ3n) is 2.59. The third kappa shape index (κ3) is 3.99. The summed E-state index contributed by atoms with van der Waals surface area (Å²) < 4.78 is 29.9. The van der Waals surface area contributed by atoms with Crippen molar-refractivity contribution in [2.45, 2.75) is 18.9 Å². The molecule has 1 fully saturated rings. The predicted octanol–water partition coefficient (Wildman–Crippen LogP) is -1.22. The summed E-state index contributed by atoms with van der Waals surface area (Å²) >= 11 is 0. The first-order valence-corrected chi connectivity index (χ1v) is 7.02. The monoisotopic (exact) mass is 253 g/mol. The Bertz CT molecular complexity index is 284. The van der Waals surface area contributed by atoms with Crippen molar-refractivity contribution in [2.75, 3.05) is 38.7 Å². The molecule has 1 heterocycles. The summed E-state index contributed by atoms with van der Waals surface area (Å²) in [5.41, 5.74) is 0. The zero-order valence-corrected chi connectivity index (χ0v) is 10.0. The quantitative estimate of drug-likeness (QED) is 0.620. The van der Waals surface area contributed by atoms with Crippen molar-refractivity contribution >= 4 is 10.0 Å². The number of nitrogens with zero attached hydrogens (tertiary/aromatic N) is 1. The Balaban J connectivity index is 2.37. The lowest BCUT2D eigenvalue weighted by Crippen LogP contribution is -2.42. The van der Waals surface area contributed by atoms with E-state index in [0.717, 1.165) is 0 Å². The molecular weight excluding hydrogens is 234 g/mol. The van der Waals surface area contributed by atoms with Gasteiger partial charge in [0.05, 0.1) is 31.7 Å². The van der Waals surface area contributed by atoms with Crippen LogP contribution in [0.5, 0.6) is 0 Å². The summed E-state index contributed by atoms with van der Waals surface area (Å²) in [5, 5.41) is 17.2. The van der Waals surface area contributed by atoms with Crippen LogP contribution in [0.1, 0.15) is 12.8 Å². The number of aliphatic hydroxyl groups excluding tert-OH is 2. The van der Waals surface area contributed by atoms with Crippen molar-refractivity contribution in [3.8, 4) is 0 Å². The van der Waals surface area contributed by atoms with E-state index >= 15 is 0 Å². The SMILES string of the molecule is O=S(=O)(CCO)N1CCC(OCCO)CC1. The van der Waals surface area contributed by atoms with Crippen LogP contribution < -0.4 is 0 Å². The molecule has 16 heavy (non-hydrogen) atoms. The van der Waals surface area contributed by atoms with Gasteiger partial charge in [0.2, 0.25) is 10.0 Å². The van der Waals surface area contributed by atoms with Crippen molar-refractivity contribution < 1.29 is 23.4 Å². The Kier molecular flexibility index (Phi) is 5.63. The first-order valence-electron chi connectivity index (χ1n) is 5.41. The molecule has 0 amide bonds. The average Bonchev–Trinajstić information content (AvgIpc) is 2.27. The van der Waals surface area contributed by atoms with Gasteiger partial charge in [-0.05, 0) is 12.8 Å². The van der Waals surface area contributed by atoms with Gasteiger partial charge in [0, 0.05) is 13.1 Å². The molecule has 1 rings (SSSR count). The van der Waals surface area contributed by atoms with Gasteiger partial charge in [-0.1, -0.05) is 0 Å². The number of piperidine rings is 1. The van der Waals surface area contributed by atoms with Crippen LogP contribution in [0.4, 0.5) is 0 Å². The molecule has 0 aromatic heterocycles. The van der Waals surface area contributed by atoms with Gasteiger partial charge in [-0.2, -0.15) is 0 Å². The predicted molar refractivity (Wildman–Crippen MR) is 58.5 cm³/mol. The molecule has 96 valence electrons. The summed E-state index contributed by atoms with van der Waals surface area (Å²) in [6.07, 6.45) is 1.32. The molecule has 6 nitrogen and oxygen atoms in total. The second kappa shape index (κ2) is 6.51. The first-order chi connectivity index (χ1) is 7.60. The third-order valence-corrected chi connectivity index (χ3v) is 4.44. The Morgan fingerprint density at radius 1 is 1.19 bits per heavy atom. The Labute approximate surface area is 95.9 Å². The Hall–Kier alpha value is -0.210. The molecule has 0 atom stereocenters. The van der Waals surface area contributed by atoms with Crippen LogP contribution in [0.3, 0.4) is 0 Å². The molecule has 0 saturated carbocycles. The van der Waals surface area contributed by atoms with Gasteiger partial charge in [0.15, 0.2) is 0 Å². The van der Waals surface area contributed by atoms with E-state index in [2.05, 4.69) is 0 Å². The summed E-state index contributed by atoms with van der Waals surface area (Å²) in [5.74, 6) is -0.213. The van der Waals surface area contributed by atoms with E-state index in [4.69, 9.17) is 14.9 Å². The molecule has 7 heteroatoms. The molecule has 0 spiro atoms. The van der Waals surface area contributed by atoms with Crippen LogP contribution >= 0.6 is 0 Å². The maximum absolute atomic E-state index is 11.6. The zero-order valence-electron chi connectivity index (χ0n) is 9.21. The largest absolute Gasteiger partial charge is 0.395 e. The minimum Gasteiger partial charge on any atom is -0.395 e. The number of aliphatic hydroxyl groups is 2. The van der Waals surface area contributed by atoms with Gasteiger partial charge in [0.1, 0.15) is 0 Å². The van der Waals surface area contributed by atoms with E-state index in [1.807, 2.05) is 0 Å². The molecule has 0 aliphatic carbocycles. The van der Waals surface area contributed by atoms with Crippen molar-refractivity contribution in [1.29, 1.82) is 0 Å². The maximum atomic E-state index is 11.6. The van der Waals surface area contributed by atoms with Crippen molar-refractivity contribution in [3.05, 3.63) is 0 Å². The summed E-state index contributed by atoms with van der Waals surface area (Å²) in [4.78, 5) is 0. The van der Waals surface area contributed by atoms with E-state index in [-0.39, 0.29) is 25.1 Å². The second-order valence-electron chi connectivity index (χ2n) is 3.73. The van der Waals surface area contributed by atoms with Gasteiger partial charge >= 0.3 is 0 Å². The van der Waals surface area contributed by atoms with Crippen LogP contribution in [0.15, 0.2) is 0 Å². The highest BCUT2D eigenvalue weighted by molar-refractivity contribution is 7.89. The smallest absolute Gasteiger partial charge is 0.216 e. The summed E-state index contributed by atoms with van der Waals surface area (Å²) in [6, 6.07) is 0. The molecule has 0 bridgehead atoms. The molecule has 0 aromatic rings. The van der Waals surface area contributed by atoms with Crippen LogP contribution in [0, 0.1) is 0 Å². The average molecular weight is 253 g/mol. The van der Waals surface area contributed by atoms with Crippen molar-refractivity contribution in [3.63, 3.8) is 0 Å². The van der Waals surface area contributed by atoms with E-state index in [1.165, 1.54) is 4.31 Å². The maximum Gasteiger partial charge on any atom is 0.216 e. The standard InChI is InChI=1S/C9H19NO5S/c11-5-7-15-9-1-3-10(4-2-9)16(13,14)8-6-12/h9,11-12H,1-8H2. The number of hydrogen-bond donors (Lipinski definition) is 2. The van der Waals surface area contributed by atoms with Crippen LogP contribution in [-0.2, 0) is 14.8 Å². The summed E-state index contributed by atoms with van der Waals surface area (Å²) in [6.45, 7) is 0.803. The lowest BCUT2D eigenvalue weighted by Gasteiger charge is -2.30. The second-order valence-corrected chi connectivity index (χ2v) is 5.82. The molecule has 1 saturated heterocycles. The minimum atomic E-state index is -3.30. The van der Waals surface area contributed by atoms with Crippen LogP contribution in [-0.4, -0.2) is 67.7 Å². The zero-order chi connectivity index (χ0) is 12.0. The number of rotatable bonds is 6. The highest BCUT2D eigenvalue weighted by Gasteiger charge is 2.27. The Morgan fingerprint density at radius 2 is 1.81 bits per heavy atom. The molecule has 0 unspecified atom stereocenters. The number of hydrogen-bond acceptors (Lipinski definition) is 5. The van der Waals surface area contributed by atoms with Gasteiger partial charge < -0.3 is 14.9 Å². The van der Waals surface area contributed by atoms with Gasteiger partial charge in [-0.25, -0.2) is 12.7 Å². The van der Waals surface area contributed by atoms with Crippen LogP contribution in [0.25, 0.3) is 0 Å². The fourth-order valence-corrected chi connectivity index (χ4v) is 3.00. The van der Waals surface area contributed by atoms with E-state index in [9.17, 15) is 8.42 Å². The topological polar surface area (TPSA) is 87.1 Å². The molecule has 0 radical (unpaired) electrons. The van der Waals surface area contributed by atoms with Crippen molar-refractivity contribution in [1.82, 2.24) is 4.31 Å². The molecule has 1 aliphatic rings. The number of ether oxygens (including phenoxy) is 1. The van der Waals surface area contributed by atoms with Crippen molar-refractivity contribution in [2.24, 2.45) is 0 Å². The first kappa shape index (κ1) is 13.9. The van der Waals surface area contributed by atoms with Gasteiger partial charge in [-0.15, -0.1) is 0 Å². The van der Waals surface area contributed by atoms with Gasteiger partial charge in [-0.3, -0.25) is 0 Å². The van der Waals surface area contributed by atoms with E-state index < -0.39 is 10.0 Å². The minimum absolute atomic E-state index is 0.0109. The normalized spacial score (nSPS) is 20.1. The summed E-state index contributed by atoms with van der Waals surface area (Å²) in [7, 11) is -3.30. The molecular formula is C9H19NO5S. The van der Waals surface area contributed by atoms with E-state index in [0.29, 0.717) is 32.5 Å². The molecule has 0 aromatic carbocycles. The highest BCUT2D eigenvalue weighted by atomic mass is 32.2. The lowest BCUT2D eigenvalue weighted by atomic mass is 10.1. The molecule has 1 aliphatic heterocycles. The fourth-order valence-electron chi connectivity index (χ4n) is 1.74. The fraction of sp³-hybridized carbons (Fsp3) is 1.00.